The predicted octanol–water partition coefficient (Wildman–Crippen LogP) is 3.48. The lowest BCUT2D eigenvalue weighted by atomic mass is 10.1. The topological polar surface area (TPSA) is 78.5 Å². The van der Waals surface area contributed by atoms with Crippen LogP contribution in [0.5, 0.6) is 0 Å². The zero-order valence-corrected chi connectivity index (χ0v) is 16.6. The molecule has 2 aromatic rings. The van der Waals surface area contributed by atoms with Gasteiger partial charge in [-0.15, -0.1) is 0 Å². The Hall–Kier alpha value is -2.86. The van der Waals surface area contributed by atoms with Crippen LogP contribution in [0.25, 0.3) is 0 Å². The number of nitrogens with zero attached hydrogens (tertiary/aromatic N) is 1. The van der Waals surface area contributed by atoms with Crippen molar-refractivity contribution in [2.75, 3.05) is 11.9 Å². The van der Waals surface area contributed by atoms with Crippen molar-refractivity contribution in [3.8, 4) is 0 Å². The summed E-state index contributed by atoms with van der Waals surface area (Å²) in [5.74, 6) is -0.532. The fourth-order valence-electron chi connectivity index (χ4n) is 3.51. The van der Waals surface area contributed by atoms with Gasteiger partial charge in [-0.3, -0.25) is 14.4 Å². The van der Waals surface area contributed by atoms with Gasteiger partial charge in [-0.1, -0.05) is 23.7 Å². The lowest BCUT2D eigenvalue weighted by Crippen LogP contribution is -2.46. The lowest BCUT2D eigenvalue weighted by molar-refractivity contribution is -0.125. The molecule has 2 N–H and O–H groups in total. The minimum absolute atomic E-state index is 0.0537. The molecular formula is C22H22ClN3O3. The molecule has 1 heterocycles. The molecule has 1 aliphatic carbocycles. The molecule has 150 valence electrons. The van der Waals surface area contributed by atoms with Crippen molar-refractivity contribution in [1.82, 2.24) is 10.2 Å². The highest BCUT2D eigenvalue weighted by molar-refractivity contribution is 6.34. The molecule has 3 amide bonds. The Kier molecular flexibility index (Phi) is 5.53. The summed E-state index contributed by atoms with van der Waals surface area (Å²) in [4.78, 5) is 39.3. The number of nitrogens with one attached hydrogen (secondary N) is 2. The Morgan fingerprint density at radius 2 is 1.69 bits per heavy atom. The van der Waals surface area contributed by atoms with Gasteiger partial charge in [0.25, 0.3) is 11.8 Å². The van der Waals surface area contributed by atoms with Crippen molar-refractivity contribution in [2.24, 2.45) is 0 Å². The number of carbonyl (C=O) groups excluding carboxylic acids is 3. The summed E-state index contributed by atoms with van der Waals surface area (Å²) in [7, 11) is 0. The van der Waals surface area contributed by atoms with Crippen molar-refractivity contribution >= 4 is 35.0 Å². The van der Waals surface area contributed by atoms with Crippen LogP contribution in [0.4, 0.5) is 5.69 Å². The molecule has 4 rings (SSSR count). The summed E-state index contributed by atoms with van der Waals surface area (Å²) in [6.07, 6.45) is 3.55. The average molecular weight is 412 g/mol. The first kappa shape index (κ1) is 19.5. The standard InChI is InChI=1S/C22H22ClN3O3/c23-18-5-2-1-4-17(18)20(27)24-15-9-7-14(8-10-15)22(29)26-13-3-6-19(26)21(28)25-16-11-12-16/h1-2,4-5,7-10,16,19H,3,6,11-13H2,(H,24,27)(H,25,28). The van der Waals surface area contributed by atoms with E-state index in [9.17, 15) is 14.4 Å². The summed E-state index contributed by atoms with van der Waals surface area (Å²) in [5, 5.41) is 6.15. The maximum absolute atomic E-state index is 12.9. The predicted molar refractivity (Wildman–Crippen MR) is 111 cm³/mol. The van der Waals surface area contributed by atoms with Crippen LogP contribution in [0.3, 0.4) is 0 Å². The Morgan fingerprint density at radius 1 is 0.966 bits per heavy atom. The van der Waals surface area contributed by atoms with Gasteiger partial charge >= 0.3 is 0 Å². The first-order chi connectivity index (χ1) is 14.0. The Morgan fingerprint density at radius 3 is 2.38 bits per heavy atom. The normalized spacial score (nSPS) is 18.4. The SMILES string of the molecule is O=C(Nc1ccc(C(=O)N2CCCC2C(=O)NC2CC2)cc1)c1ccccc1Cl. The molecule has 0 bridgehead atoms. The highest BCUT2D eigenvalue weighted by atomic mass is 35.5. The van der Waals surface area contributed by atoms with E-state index in [4.69, 9.17) is 11.6 Å². The van der Waals surface area contributed by atoms with Crippen molar-refractivity contribution in [3.05, 3.63) is 64.7 Å². The molecule has 29 heavy (non-hydrogen) atoms. The Labute approximate surface area is 174 Å². The van der Waals surface area contributed by atoms with Gasteiger partial charge in [0, 0.05) is 23.8 Å². The lowest BCUT2D eigenvalue weighted by Gasteiger charge is -2.24. The van der Waals surface area contributed by atoms with Gasteiger partial charge in [0.2, 0.25) is 5.91 Å². The highest BCUT2D eigenvalue weighted by Crippen LogP contribution is 2.24. The first-order valence-corrected chi connectivity index (χ1v) is 10.2. The summed E-state index contributed by atoms with van der Waals surface area (Å²) in [5.41, 5.74) is 1.44. The van der Waals surface area contributed by atoms with Gasteiger partial charge in [-0.2, -0.15) is 0 Å². The zero-order valence-electron chi connectivity index (χ0n) is 15.9. The molecule has 2 aromatic carbocycles. The maximum Gasteiger partial charge on any atom is 0.257 e. The number of likely N-dealkylation sites (tertiary alicyclic amines) is 1. The van der Waals surface area contributed by atoms with E-state index in [0.29, 0.717) is 34.8 Å². The van der Waals surface area contributed by atoms with Crippen LogP contribution in [0.1, 0.15) is 46.4 Å². The van der Waals surface area contributed by atoms with Gasteiger partial charge in [-0.05, 0) is 62.1 Å². The van der Waals surface area contributed by atoms with Crippen molar-refractivity contribution < 1.29 is 14.4 Å². The van der Waals surface area contributed by atoms with E-state index >= 15 is 0 Å². The highest BCUT2D eigenvalue weighted by Gasteiger charge is 2.36. The molecule has 1 saturated heterocycles. The van der Waals surface area contributed by atoms with E-state index in [-0.39, 0.29) is 23.8 Å². The van der Waals surface area contributed by atoms with E-state index in [1.165, 1.54) is 0 Å². The number of amides is 3. The second-order valence-electron chi connectivity index (χ2n) is 7.45. The van der Waals surface area contributed by atoms with Gasteiger partial charge in [0.05, 0.1) is 10.6 Å². The molecule has 1 unspecified atom stereocenters. The van der Waals surface area contributed by atoms with Crippen molar-refractivity contribution in [2.45, 2.75) is 37.8 Å². The van der Waals surface area contributed by atoms with Crippen molar-refractivity contribution in [1.29, 1.82) is 0 Å². The summed E-state index contributed by atoms with van der Waals surface area (Å²) in [6, 6.07) is 13.4. The zero-order chi connectivity index (χ0) is 20.4. The second-order valence-corrected chi connectivity index (χ2v) is 7.86. The minimum Gasteiger partial charge on any atom is -0.352 e. The van der Waals surface area contributed by atoms with E-state index in [1.807, 2.05) is 0 Å². The second kappa shape index (κ2) is 8.25. The van der Waals surface area contributed by atoms with Gasteiger partial charge < -0.3 is 15.5 Å². The summed E-state index contributed by atoms with van der Waals surface area (Å²) >= 11 is 6.06. The molecule has 7 heteroatoms. The fraction of sp³-hybridized carbons (Fsp3) is 0.318. The minimum atomic E-state index is -0.400. The number of anilines is 1. The maximum atomic E-state index is 12.9. The molecule has 1 aliphatic heterocycles. The number of hydrogen-bond donors (Lipinski definition) is 2. The van der Waals surface area contributed by atoms with Crippen LogP contribution >= 0.6 is 11.6 Å². The van der Waals surface area contributed by atoms with Crippen LogP contribution in [0, 0.1) is 0 Å². The molecular weight excluding hydrogens is 390 g/mol. The number of hydrogen-bond acceptors (Lipinski definition) is 3. The Bertz CT molecular complexity index is 941. The largest absolute Gasteiger partial charge is 0.352 e. The summed E-state index contributed by atoms with van der Waals surface area (Å²) < 4.78 is 0. The number of halogens is 1. The van der Waals surface area contributed by atoms with Gasteiger partial charge in [-0.25, -0.2) is 0 Å². The molecule has 1 atom stereocenters. The van der Waals surface area contributed by atoms with E-state index < -0.39 is 6.04 Å². The third-order valence-corrected chi connectivity index (χ3v) is 5.58. The van der Waals surface area contributed by atoms with Gasteiger partial charge in [0.15, 0.2) is 0 Å². The molecule has 6 nitrogen and oxygen atoms in total. The number of carbonyl (C=O) groups is 3. The van der Waals surface area contributed by atoms with Crippen LogP contribution in [-0.4, -0.2) is 41.2 Å². The molecule has 0 spiro atoms. The quantitative estimate of drug-likeness (QED) is 0.790. The number of benzene rings is 2. The molecule has 0 aromatic heterocycles. The molecule has 2 fully saturated rings. The van der Waals surface area contributed by atoms with Crippen LogP contribution < -0.4 is 10.6 Å². The van der Waals surface area contributed by atoms with Crippen LogP contribution in [0.2, 0.25) is 5.02 Å². The molecule has 1 saturated carbocycles. The van der Waals surface area contributed by atoms with Crippen molar-refractivity contribution in [3.63, 3.8) is 0 Å². The van der Waals surface area contributed by atoms with Gasteiger partial charge in [0.1, 0.15) is 6.04 Å². The molecule has 2 aliphatic rings. The third kappa shape index (κ3) is 4.43. The summed E-state index contributed by atoms with van der Waals surface area (Å²) in [6.45, 7) is 0.576. The molecule has 0 radical (unpaired) electrons. The van der Waals surface area contributed by atoms with E-state index in [1.54, 1.807) is 53.4 Å². The van der Waals surface area contributed by atoms with Crippen LogP contribution in [-0.2, 0) is 4.79 Å². The monoisotopic (exact) mass is 411 g/mol. The van der Waals surface area contributed by atoms with Crippen LogP contribution in [0.15, 0.2) is 48.5 Å². The van der Waals surface area contributed by atoms with E-state index in [2.05, 4.69) is 10.6 Å². The third-order valence-electron chi connectivity index (χ3n) is 5.25. The van der Waals surface area contributed by atoms with E-state index in [0.717, 1.165) is 19.3 Å². The average Bonchev–Trinajstić information content (AvgIpc) is 3.39. The smallest absolute Gasteiger partial charge is 0.257 e. The first-order valence-electron chi connectivity index (χ1n) is 9.80. The fourth-order valence-corrected chi connectivity index (χ4v) is 3.73. The Balaban J connectivity index is 1.41. The number of rotatable bonds is 5.